The highest BCUT2D eigenvalue weighted by molar-refractivity contribution is 7.13. The van der Waals surface area contributed by atoms with E-state index in [-0.39, 0.29) is 5.91 Å². The van der Waals surface area contributed by atoms with Crippen LogP contribution in [0, 0.1) is 0 Å². The number of anilines is 1. The van der Waals surface area contributed by atoms with Crippen molar-refractivity contribution in [2.75, 3.05) is 31.1 Å². The highest BCUT2D eigenvalue weighted by atomic mass is 32.1. The van der Waals surface area contributed by atoms with Crippen molar-refractivity contribution >= 4 is 22.4 Å². The van der Waals surface area contributed by atoms with Crippen molar-refractivity contribution < 1.29 is 4.79 Å². The van der Waals surface area contributed by atoms with Crippen molar-refractivity contribution in [3.63, 3.8) is 0 Å². The summed E-state index contributed by atoms with van der Waals surface area (Å²) in [6.45, 7) is 4.13. The summed E-state index contributed by atoms with van der Waals surface area (Å²) in [5, 5.41) is 6.66. The van der Waals surface area contributed by atoms with Gasteiger partial charge in [-0.1, -0.05) is 24.3 Å². The summed E-state index contributed by atoms with van der Waals surface area (Å²) in [4.78, 5) is 18.4. The van der Waals surface area contributed by atoms with Crippen LogP contribution in [-0.2, 0) is 24.1 Å². The molecule has 1 saturated heterocycles. The smallest absolute Gasteiger partial charge is 0.238 e. The number of hydrogen-bond donors (Lipinski definition) is 3. The Balaban J connectivity index is 1.52. The van der Waals surface area contributed by atoms with Gasteiger partial charge in [-0.05, 0) is 24.0 Å². The fourth-order valence-electron chi connectivity index (χ4n) is 2.75. The molecule has 0 unspecified atom stereocenters. The Morgan fingerprint density at radius 3 is 2.62 bits per heavy atom. The van der Waals surface area contributed by atoms with Gasteiger partial charge in [-0.2, -0.15) is 0 Å². The molecular weight excluding hydrogens is 322 g/mol. The predicted octanol–water partition coefficient (Wildman–Crippen LogP) is 0.870. The monoisotopic (exact) mass is 345 g/mol. The molecule has 0 aliphatic carbocycles. The number of hydrazine groups is 1. The molecule has 6 nitrogen and oxygen atoms in total. The third-order valence-corrected chi connectivity index (χ3v) is 5.10. The van der Waals surface area contributed by atoms with E-state index in [0.29, 0.717) is 6.42 Å². The van der Waals surface area contributed by atoms with Gasteiger partial charge in [-0.3, -0.25) is 10.2 Å². The number of carbonyl (C=O) groups is 1. The van der Waals surface area contributed by atoms with Gasteiger partial charge in [-0.15, -0.1) is 11.3 Å². The number of amides is 1. The molecule has 1 aromatic heterocycles. The van der Waals surface area contributed by atoms with E-state index in [4.69, 9.17) is 10.8 Å². The Hall–Kier alpha value is -1.96. The van der Waals surface area contributed by atoms with Crippen LogP contribution in [0.25, 0.3) is 0 Å². The maximum Gasteiger partial charge on any atom is 0.238 e. The number of piperazine rings is 1. The lowest BCUT2D eigenvalue weighted by atomic mass is 10.0. The van der Waals surface area contributed by atoms with Gasteiger partial charge in [0.05, 0.1) is 12.1 Å². The molecule has 1 aliphatic heterocycles. The molecule has 1 fully saturated rings. The lowest BCUT2D eigenvalue weighted by molar-refractivity contribution is -0.120. The minimum Gasteiger partial charge on any atom is -0.346 e. The first-order valence-corrected chi connectivity index (χ1v) is 9.10. The molecular formula is C17H23N5OS. The first-order chi connectivity index (χ1) is 11.7. The number of carbonyl (C=O) groups excluding carboxylic acids is 1. The van der Waals surface area contributed by atoms with Crippen LogP contribution in [0.1, 0.15) is 16.8 Å². The number of nitrogens with two attached hydrogens (primary N) is 1. The normalized spacial score (nSPS) is 14.6. The third-order valence-electron chi connectivity index (χ3n) is 4.15. The summed E-state index contributed by atoms with van der Waals surface area (Å²) in [6.07, 6.45) is 2.20. The van der Waals surface area contributed by atoms with Gasteiger partial charge < -0.3 is 10.2 Å². The second-order valence-corrected chi connectivity index (χ2v) is 6.76. The van der Waals surface area contributed by atoms with Gasteiger partial charge >= 0.3 is 0 Å². The second kappa shape index (κ2) is 8.23. The van der Waals surface area contributed by atoms with Crippen molar-refractivity contribution in [1.82, 2.24) is 15.7 Å². The third kappa shape index (κ3) is 4.53. The number of rotatable bonds is 6. The molecule has 24 heavy (non-hydrogen) atoms. The fourth-order valence-corrected chi connectivity index (χ4v) is 3.66. The van der Waals surface area contributed by atoms with E-state index >= 15 is 0 Å². The molecule has 3 rings (SSSR count). The Morgan fingerprint density at radius 2 is 1.92 bits per heavy atom. The zero-order valence-corrected chi connectivity index (χ0v) is 14.4. The molecule has 0 spiro atoms. The first kappa shape index (κ1) is 16.9. The van der Waals surface area contributed by atoms with E-state index in [9.17, 15) is 4.79 Å². The zero-order chi connectivity index (χ0) is 16.8. The summed E-state index contributed by atoms with van der Waals surface area (Å²) in [5.74, 6) is 4.93. The number of aryl methyl sites for hydroxylation is 2. The van der Waals surface area contributed by atoms with Gasteiger partial charge in [0.15, 0.2) is 5.13 Å². The number of thiazole rings is 1. The summed E-state index contributed by atoms with van der Waals surface area (Å²) >= 11 is 1.73. The molecule has 4 N–H and O–H groups in total. The average Bonchev–Trinajstić information content (AvgIpc) is 3.11. The molecule has 0 saturated carbocycles. The lowest BCUT2D eigenvalue weighted by Gasteiger charge is -2.26. The number of aromatic nitrogens is 1. The van der Waals surface area contributed by atoms with Crippen LogP contribution in [0.2, 0.25) is 0 Å². The largest absolute Gasteiger partial charge is 0.346 e. The topological polar surface area (TPSA) is 83.3 Å². The molecule has 1 aliphatic rings. The Bertz CT molecular complexity index is 664. The van der Waals surface area contributed by atoms with E-state index in [0.717, 1.165) is 55.4 Å². The van der Waals surface area contributed by atoms with Gasteiger partial charge in [0, 0.05) is 31.6 Å². The van der Waals surface area contributed by atoms with Gasteiger partial charge in [0.1, 0.15) is 0 Å². The molecule has 128 valence electrons. The number of hydrogen-bond acceptors (Lipinski definition) is 6. The summed E-state index contributed by atoms with van der Waals surface area (Å²) < 4.78 is 0. The quantitative estimate of drug-likeness (QED) is 0.411. The highest BCUT2D eigenvalue weighted by Gasteiger charge is 2.13. The maximum atomic E-state index is 11.3. The molecule has 0 bridgehead atoms. The van der Waals surface area contributed by atoms with Crippen LogP contribution >= 0.6 is 11.3 Å². The molecule has 1 aromatic carbocycles. The van der Waals surface area contributed by atoms with E-state index < -0.39 is 0 Å². The van der Waals surface area contributed by atoms with Crippen molar-refractivity contribution in [1.29, 1.82) is 0 Å². The van der Waals surface area contributed by atoms with Gasteiger partial charge in [-0.25, -0.2) is 10.8 Å². The van der Waals surface area contributed by atoms with Crippen molar-refractivity contribution in [2.24, 2.45) is 5.84 Å². The standard InChI is InChI=1S/C17H23N5OS/c18-21-16(23)11-14-3-1-13(2-4-14)5-6-15-12-24-17(20-15)22-9-7-19-8-10-22/h1-4,12,19H,5-11,18H2,(H,21,23). The molecule has 0 radical (unpaired) electrons. The minimum absolute atomic E-state index is 0.175. The SMILES string of the molecule is NNC(=O)Cc1ccc(CCc2csc(N3CCNCC3)n2)cc1. The summed E-state index contributed by atoms with van der Waals surface area (Å²) in [6, 6.07) is 8.11. The minimum atomic E-state index is -0.175. The number of nitrogens with one attached hydrogen (secondary N) is 2. The van der Waals surface area contributed by atoms with Crippen LogP contribution in [-0.4, -0.2) is 37.1 Å². The first-order valence-electron chi connectivity index (χ1n) is 8.22. The zero-order valence-electron chi connectivity index (χ0n) is 13.6. The van der Waals surface area contributed by atoms with Crippen LogP contribution in [0.5, 0.6) is 0 Å². The lowest BCUT2D eigenvalue weighted by Crippen LogP contribution is -2.43. The van der Waals surface area contributed by atoms with Gasteiger partial charge in [0.2, 0.25) is 5.91 Å². The van der Waals surface area contributed by atoms with Crippen LogP contribution in [0.15, 0.2) is 29.6 Å². The van der Waals surface area contributed by atoms with E-state index in [2.05, 4.69) is 33.2 Å². The molecule has 0 atom stereocenters. The Labute approximate surface area is 146 Å². The van der Waals surface area contributed by atoms with E-state index in [1.165, 1.54) is 5.56 Å². The number of nitrogens with zero attached hydrogens (tertiary/aromatic N) is 2. The van der Waals surface area contributed by atoms with Crippen molar-refractivity contribution in [3.8, 4) is 0 Å². The molecule has 2 aromatic rings. The van der Waals surface area contributed by atoms with Crippen LogP contribution in [0.4, 0.5) is 5.13 Å². The maximum absolute atomic E-state index is 11.3. The molecule has 1 amide bonds. The molecule has 7 heteroatoms. The Kier molecular flexibility index (Phi) is 5.79. The average molecular weight is 345 g/mol. The van der Waals surface area contributed by atoms with E-state index in [1.54, 1.807) is 11.3 Å². The summed E-state index contributed by atoms with van der Waals surface area (Å²) in [7, 11) is 0. The van der Waals surface area contributed by atoms with Crippen LogP contribution < -0.4 is 21.5 Å². The van der Waals surface area contributed by atoms with Gasteiger partial charge in [0.25, 0.3) is 0 Å². The number of benzene rings is 1. The predicted molar refractivity (Wildman–Crippen MR) is 97.1 cm³/mol. The second-order valence-electron chi connectivity index (χ2n) is 5.92. The molecule has 2 heterocycles. The van der Waals surface area contributed by atoms with E-state index in [1.807, 2.05) is 12.1 Å². The van der Waals surface area contributed by atoms with Crippen molar-refractivity contribution in [2.45, 2.75) is 19.3 Å². The van der Waals surface area contributed by atoms with Crippen molar-refractivity contribution in [3.05, 3.63) is 46.5 Å². The fraction of sp³-hybridized carbons (Fsp3) is 0.412. The Morgan fingerprint density at radius 1 is 1.21 bits per heavy atom. The summed E-state index contributed by atoms with van der Waals surface area (Å²) in [5.41, 5.74) is 5.53. The highest BCUT2D eigenvalue weighted by Crippen LogP contribution is 2.21. The van der Waals surface area contributed by atoms with Crippen LogP contribution in [0.3, 0.4) is 0 Å².